The molecule has 4 nitrogen and oxygen atoms in total. The van der Waals surface area contributed by atoms with E-state index in [-0.39, 0.29) is 0 Å². The van der Waals surface area contributed by atoms with Crippen molar-refractivity contribution in [3.05, 3.63) is 119 Å². The lowest BCUT2D eigenvalue weighted by Crippen LogP contribution is -1.97. The minimum Gasteiger partial charge on any atom is -0.456 e. The molecule has 0 spiro atoms. The molecule has 0 bridgehead atoms. The lowest BCUT2D eigenvalue weighted by atomic mass is 9.96. The maximum absolute atomic E-state index is 9.17. The summed E-state index contributed by atoms with van der Waals surface area (Å²) in [6.07, 6.45) is 0. The lowest BCUT2D eigenvalue weighted by molar-refractivity contribution is 0.592. The Morgan fingerprint density at radius 2 is 1.30 bits per heavy atom. The van der Waals surface area contributed by atoms with Gasteiger partial charge in [-0.15, -0.1) is 0 Å². The smallest absolute Gasteiger partial charge is 0.138 e. The molecular weight excluding hydrogens is 334 g/mol. The first-order valence-electron chi connectivity index (χ1n) is 8.70. The lowest BCUT2D eigenvalue weighted by Gasteiger charge is -2.12. The monoisotopic (exact) mass is 351 g/mol. The van der Waals surface area contributed by atoms with E-state index in [2.05, 4.69) is 10.0 Å². The topological polar surface area (TPSA) is 61.9 Å². The van der Waals surface area contributed by atoms with E-state index in [1.54, 1.807) is 0 Å². The van der Waals surface area contributed by atoms with Crippen molar-refractivity contribution in [1.29, 1.82) is 0 Å². The summed E-state index contributed by atoms with van der Waals surface area (Å²) in [7, 11) is 0. The molecule has 0 radical (unpaired) electrons. The molecule has 0 saturated carbocycles. The van der Waals surface area contributed by atoms with Gasteiger partial charge in [-0.05, 0) is 17.2 Å². The highest BCUT2D eigenvalue weighted by molar-refractivity contribution is 5.70. The van der Waals surface area contributed by atoms with Crippen LogP contribution in [0.1, 0.15) is 17.2 Å². The molecule has 0 saturated heterocycles. The Bertz CT molecular complexity index is 1070. The fourth-order valence-corrected chi connectivity index (χ4v) is 3.16. The molecule has 0 aliphatic rings. The molecule has 3 aromatic carbocycles. The summed E-state index contributed by atoms with van der Waals surface area (Å²) in [5.74, 6) is 1.47. The summed E-state index contributed by atoms with van der Waals surface area (Å²) < 4.78 is 6.25. The first kappa shape index (κ1) is 16.7. The van der Waals surface area contributed by atoms with Crippen LogP contribution in [0, 0.1) is 0 Å². The Hall–Kier alpha value is -3.75. The second kappa shape index (κ2) is 7.65. The van der Waals surface area contributed by atoms with Crippen LogP contribution in [-0.2, 0) is 0 Å². The molecule has 0 fully saturated rings. The molecular formula is C23H17N3O. The predicted octanol–water partition coefficient (Wildman–Crippen LogP) is 7.01. The van der Waals surface area contributed by atoms with Crippen molar-refractivity contribution >= 4 is 0 Å². The molecule has 0 amide bonds. The third kappa shape index (κ3) is 3.47. The normalized spacial score (nSPS) is 11.6. The van der Waals surface area contributed by atoms with E-state index in [4.69, 9.17) is 4.42 Å². The van der Waals surface area contributed by atoms with Crippen molar-refractivity contribution in [2.24, 2.45) is 5.11 Å². The van der Waals surface area contributed by atoms with Crippen molar-refractivity contribution in [2.45, 2.75) is 6.04 Å². The summed E-state index contributed by atoms with van der Waals surface area (Å²) >= 11 is 0. The third-order valence-corrected chi connectivity index (χ3v) is 4.43. The van der Waals surface area contributed by atoms with E-state index >= 15 is 0 Å². The summed E-state index contributed by atoms with van der Waals surface area (Å²) in [6, 6.07) is 31.1. The van der Waals surface area contributed by atoms with E-state index in [0.717, 1.165) is 33.8 Å². The maximum Gasteiger partial charge on any atom is 0.138 e. The van der Waals surface area contributed by atoms with Gasteiger partial charge in [-0.2, -0.15) is 0 Å². The number of hydrogen-bond donors (Lipinski definition) is 0. The fraction of sp³-hybridized carbons (Fsp3) is 0.0435. The summed E-state index contributed by atoms with van der Waals surface area (Å²) in [5, 5.41) is 4.08. The second-order valence-corrected chi connectivity index (χ2v) is 6.15. The number of benzene rings is 3. The first-order valence-corrected chi connectivity index (χ1v) is 8.70. The van der Waals surface area contributed by atoms with Crippen LogP contribution in [0.5, 0.6) is 0 Å². The highest BCUT2D eigenvalue weighted by Gasteiger charge is 2.22. The number of azide groups is 1. The van der Waals surface area contributed by atoms with Gasteiger partial charge in [0.1, 0.15) is 11.5 Å². The third-order valence-electron chi connectivity index (χ3n) is 4.43. The van der Waals surface area contributed by atoms with Crippen LogP contribution in [0.3, 0.4) is 0 Å². The minimum atomic E-state index is -0.465. The zero-order chi connectivity index (χ0) is 18.5. The van der Waals surface area contributed by atoms with E-state index in [9.17, 15) is 5.53 Å². The second-order valence-electron chi connectivity index (χ2n) is 6.15. The van der Waals surface area contributed by atoms with Crippen molar-refractivity contribution < 1.29 is 4.42 Å². The first-order chi connectivity index (χ1) is 13.4. The molecule has 4 rings (SSSR count). The molecule has 0 N–H and O–H groups in total. The van der Waals surface area contributed by atoms with Crippen molar-refractivity contribution in [1.82, 2.24) is 0 Å². The zero-order valence-corrected chi connectivity index (χ0v) is 14.6. The van der Waals surface area contributed by atoms with Gasteiger partial charge >= 0.3 is 0 Å². The van der Waals surface area contributed by atoms with Crippen molar-refractivity contribution in [3.8, 4) is 22.6 Å². The molecule has 0 aliphatic carbocycles. The van der Waals surface area contributed by atoms with Gasteiger partial charge in [0, 0.05) is 21.6 Å². The molecule has 1 aromatic heterocycles. The largest absolute Gasteiger partial charge is 0.456 e. The molecule has 4 aromatic rings. The summed E-state index contributed by atoms with van der Waals surface area (Å²) in [4.78, 5) is 3.09. The van der Waals surface area contributed by atoms with E-state index in [0.29, 0.717) is 0 Å². The Labute approximate surface area is 157 Å². The van der Waals surface area contributed by atoms with E-state index < -0.39 is 6.04 Å². The fourth-order valence-electron chi connectivity index (χ4n) is 3.16. The Morgan fingerprint density at radius 3 is 1.89 bits per heavy atom. The van der Waals surface area contributed by atoms with Crippen LogP contribution in [-0.4, -0.2) is 0 Å². The Balaban J connectivity index is 1.92. The van der Waals surface area contributed by atoms with Crippen LogP contribution in [0.2, 0.25) is 0 Å². The average Bonchev–Trinajstić information content (AvgIpc) is 3.19. The molecule has 4 heteroatoms. The van der Waals surface area contributed by atoms with E-state index in [1.165, 1.54) is 0 Å². The van der Waals surface area contributed by atoms with Crippen molar-refractivity contribution in [2.75, 3.05) is 0 Å². The van der Waals surface area contributed by atoms with Crippen LogP contribution >= 0.6 is 0 Å². The van der Waals surface area contributed by atoms with Gasteiger partial charge in [0.15, 0.2) is 0 Å². The molecule has 1 atom stereocenters. The van der Waals surface area contributed by atoms with Crippen LogP contribution in [0.25, 0.3) is 33.1 Å². The SMILES string of the molecule is [N-]=[N+]=NC(c1ccccc1)c1cc(-c2ccccc2)oc1-c1ccccc1. The Kier molecular flexibility index (Phi) is 4.73. The van der Waals surface area contributed by atoms with Crippen molar-refractivity contribution in [3.63, 3.8) is 0 Å². The van der Waals surface area contributed by atoms with Gasteiger partial charge in [-0.3, -0.25) is 0 Å². The van der Waals surface area contributed by atoms with Gasteiger partial charge in [-0.25, -0.2) is 0 Å². The number of nitrogens with zero attached hydrogens (tertiary/aromatic N) is 3. The quantitative estimate of drug-likeness (QED) is 0.216. The van der Waals surface area contributed by atoms with Gasteiger partial charge < -0.3 is 4.42 Å². The molecule has 1 unspecified atom stereocenters. The zero-order valence-electron chi connectivity index (χ0n) is 14.6. The van der Waals surface area contributed by atoms with Gasteiger partial charge in [0.2, 0.25) is 0 Å². The van der Waals surface area contributed by atoms with Crippen LogP contribution in [0.15, 0.2) is 107 Å². The minimum absolute atomic E-state index is 0.465. The van der Waals surface area contributed by atoms with Crippen LogP contribution in [0.4, 0.5) is 0 Å². The maximum atomic E-state index is 9.17. The number of hydrogen-bond acceptors (Lipinski definition) is 2. The van der Waals surface area contributed by atoms with Crippen LogP contribution < -0.4 is 0 Å². The summed E-state index contributed by atoms with van der Waals surface area (Å²) in [5.41, 5.74) is 12.9. The van der Waals surface area contributed by atoms with E-state index in [1.807, 2.05) is 97.1 Å². The number of rotatable bonds is 5. The predicted molar refractivity (Wildman–Crippen MR) is 107 cm³/mol. The molecule has 27 heavy (non-hydrogen) atoms. The van der Waals surface area contributed by atoms with Gasteiger partial charge in [-0.1, -0.05) is 96.1 Å². The van der Waals surface area contributed by atoms with Gasteiger partial charge in [0.05, 0.1) is 6.04 Å². The number of furan rings is 1. The summed E-state index contributed by atoms with van der Waals surface area (Å²) in [6.45, 7) is 0. The standard InChI is InChI=1S/C23H17N3O/c24-26-25-22(18-12-6-2-7-13-18)20-16-21(17-10-4-1-5-11-17)27-23(20)19-14-8-3-9-15-19/h1-16,22H. The highest BCUT2D eigenvalue weighted by Crippen LogP contribution is 2.39. The molecule has 0 aliphatic heterocycles. The highest BCUT2D eigenvalue weighted by atomic mass is 16.3. The molecule has 130 valence electrons. The Morgan fingerprint density at radius 1 is 0.741 bits per heavy atom. The average molecular weight is 351 g/mol. The molecule has 1 heterocycles. The van der Waals surface area contributed by atoms with Gasteiger partial charge in [0.25, 0.3) is 0 Å².